The molecule has 0 unspecified atom stereocenters. The molecule has 37 heavy (non-hydrogen) atoms. The number of imidazole rings is 1. The van der Waals surface area contributed by atoms with Gasteiger partial charge in [-0.25, -0.2) is 19.7 Å². The predicted molar refractivity (Wildman–Crippen MR) is 130 cm³/mol. The highest BCUT2D eigenvalue weighted by Gasteiger charge is 2.45. The van der Waals surface area contributed by atoms with Crippen molar-refractivity contribution in [2.75, 3.05) is 38.2 Å². The van der Waals surface area contributed by atoms with Gasteiger partial charge in [-0.1, -0.05) is 0 Å². The van der Waals surface area contributed by atoms with Crippen molar-refractivity contribution in [2.24, 2.45) is 11.8 Å². The van der Waals surface area contributed by atoms with Crippen LogP contribution in [-0.2, 0) is 10.9 Å². The van der Waals surface area contributed by atoms with Gasteiger partial charge in [-0.2, -0.15) is 13.2 Å². The van der Waals surface area contributed by atoms with Gasteiger partial charge in [-0.05, 0) is 33.8 Å². The molecule has 0 aromatic carbocycles. The Morgan fingerprint density at radius 2 is 1.73 bits per heavy atom. The molecular weight excluding hydrogens is 489 g/mol. The number of aryl methyl sites for hydroxylation is 1. The summed E-state index contributed by atoms with van der Waals surface area (Å²) in [6.45, 7) is 8.87. The lowest BCUT2D eigenvalue weighted by molar-refractivity contribution is -0.137. The molecule has 2 aliphatic heterocycles. The molecule has 0 saturated carbocycles. The first-order chi connectivity index (χ1) is 17.3. The van der Waals surface area contributed by atoms with Crippen LogP contribution in [-0.4, -0.2) is 69.2 Å². The lowest BCUT2D eigenvalue weighted by atomic mass is 10.0. The molecule has 3 aromatic rings. The summed E-state index contributed by atoms with van der Waals surface area (Å²) in [5.41, 5.74) is 0.293. The lowest BCUT2D eigenvalue weighted by Gasteiger charge is -2.27. The van der Waals surface area contributed by atoms with Crippen LogP contribution in [0, 0.1) is 18.8 Å². The van der Waals surface area contributed by atoms with Gasteiger partial charge in [-0.3, -0.25) is 0 Å². The Morgan fingerprint density at radius 3 is 2.32 bits per heavy atom. The number of alkyl halides is 3. The molecule has 9 nitrogen and oxygen atoms in total. The second-order valence-corrected chi connectivity index (χ2v) is 10.7. The van der Waals surface area contributed by atoms with Crippen molar-refractivity contribution in [3.05, 3.63) is 35.9 Å². The Kier molecular flexibility index (Phi) is 5.95. The third kappa shape index (κ3) is 4.88. The van der Waals surface area contributed by atoms with E-state index in [0.29, 0.717) is 31.8 Å². The number of rotatable bonds is 3. The summed E-state index contributed by atoms with van der Waals surface area (Å²) >= 11 is 0. The average Bonchev–Trinajstić information content (AvgIpc) is 3.48. The minimum Gasteiger partial charge on any atom is -0.478 e. The monoisotopic (exact) mass is 518 g/mol. The van der Waals surface area contributed by atoms with Gasteiger partial charge < -0.3 is 23.7 Å². The van der Waals surface area contributed by atoms with E-state index in [1.807, 2.05) is 6.92 Å². The molecule has 0 bridgehead atoms. The molecular formula is C25H29F3N6O3. The van der Waals surface area contributed by atoms with Crippen LogP contribution in [0.15, 0.2) is 24.7 Å². The number of carbonyl (C=O) groups excluding carboxylic acids is 1. The lowest BCUT2D eigenvalue weighted by Crippen LogP contribution is -2.37. The summed E-state index contributed by atoms with van der Waals surface area (Å²) < 4.78 is 55.1. The Bertz CT molecular complexity index is 1340. The van der Waals surface area contributed by atoms with Crippen LogP contribution >= 0.6 is 0 Å². The Hall–Kier alpha value is -3.57. The number of likely N-dealkylation sites (tertiary alicyclic amines) is 1. The van der Waals surface area contributed by atoms with Crippen LogP contribution in [0.4, 0.5) is 23.8 Å². The molecule has 0 radical (unpaired) electrons. The summed E-state index contributed by atoms with van der Waals surface area (Å²) in [6, 6.07) is 1.08. The van der Waals surface area contributed by atoms with E-state index < -0.39 is 17.3 Å². The Morgan fingerprint density at radius 1 is 1.05 bits per heavy atom. The maximum absolute atomic E-state index is 14.2. The van der Waals surface area contributed by atoms with E-state index in [1.165, 1.54) is 13.3 Å². The smallest absolute Gasteiger partial charge is 0.419 e. The van der Waals surface area contributed by atoms with Crippen molar-refractivity contribution < 1.29 is 27.4 Å². The highest BCUT2D eigenvalue weighted by atomic mass is 19.4. The number of amides is 1. The molecule has 12 heteroatoms. The van der Waals surface area contributed by atoms with Gasteiger partial charge in [0.05, 0.1) is 24.1 Å². The number of carbonyl (C=O) groups is 1. The number of halogens is 3. The molecule has 2 aliphatic rings. The number of methoxy groups -OCH3 is 1. The van der Waals surface area contributed by atoms with E-state index in [9.17, 15) is 18.0 Å². The number of hydrogen-bond acceptors (Lipinski definition) is 7. The number of fused-ring (bicyclic) bond motifs is 2. The third-order valence-electron chi connectivity index (χ3n) is 6.63. The predicted octanol–water partition coefficient (Wildman–Crippen LogP) is 4.43. The SMILES string of the molecule is COc1nc(-c2cnc(N3C[C@@H]4CN(C(=O)OC(C)(C)C)C[C@H]4C3)c(C(F)(F)F)c2)cn2cc(C)nc12. The minimum absolute atomic E-state index is 0.0490. The van der Waals surface area contributed by atoms with Crippen molar-refractivity contribution in [1.29, 1.82) is 0 Å². The Labute approximate surface area is 212 Å². The molecule has 198 valence electrons. The van der Waals surface area contributed by atoms with E-state index in [-0.39, 0.29) is 40.9 Å². The van der Waals surface area contributed by atoms with Crippen LogP contribution < -0.4 is 9.64 Å². The number of ether oxygens (including phenoxy) is 2. The fraction of sp³-hybridized carbons (Fsp3) is 0.520. The molecule has 0 spiro atoms. The molecule has 5 heterocycles. The van der Waals surface area contributed by atoms with E-state index >= 15 is 0 Å². The van der Waals surface area contributed by atoms with Gasteiger partial charge in [0.15, 0.2) is 0 Å². The number of aromatic nitrogens is 4. The zero-order valence-electron chi connectivity index (χ0n) is 21.3. The standard InChI is InChI=1S/C25H29F3N6O3/c1-14-8-32-13-19(31-22(36-5)21(32)30-14)15-6-18(25(26,27)28)20(29-7-15)33-9-16-11-34(12-17(16)10-33)23(35)37-24(2,3)4/h6-8,13,16-17H,9-12H2,1-5H3/t16-,17-/m1/s1. The van der Waals surface area contributed by atoms with E-state index in [4.69, 9.17) is 9.47 Å². The van der Waals surface area contributed by atoms with Gasteiger partial charge >= 0.3 is 12.3 Å². The van der Waals surface area contributed by atoms with E-state index in [1.54, 1.807) is 47.4 Å². The minimum atomic E-state index is -4.61. The van der Waals surface area contributed by atoms with Crippen molar-refractivity contribution in [3.63, 3.8) is 0 Å². The zero-order valence-corrected chi connectivity index (χ0v) is 21.3. The number of hydrogen-bond donors (Lipinski definition) is 0. The largest absolute Gasteiger partial charge is 0.478 e. The fourth-order valence-electron chi connectivity index (χ4n) is 5.07. The average molecular weight is 519 g/mol. The molecule has 0 N–H and O–H groups in total. The van der Waals surface area contributed by atoms with Crippen molar-refractivity contribution in [2.45, 2.75) is 39.5 Å². The molecule has 1 amide bonds. The maximum Gasteiger partial charge on any atom is 0.419 e. The maximum atomic E-state index is 14.2. The first-order valence-electron chi connectivity index (χ1n) is 12.0. The van der Waals surface area contributed by atoms with Gasteiger partial charge in [0.1, 0.15) is 11.4 Å². The van der Waals surface area contributed by atoms with E-state index in [0.717, 1.165) is 11.8 Å². The number of nitrogens with zero attached hydrogens (tertiary/aromatic N) is 6. The molecule has 2 fully saturated rings. The van der Waals surface area contributed by atoms with Gasteiger partial charge in [0.25, 0.3) is 5.88 Å². The zero-order chi connectivity index (χ0) is 26.7. The molecule has 5 rings (SSSR count). The van der Waals surface area contributed by atoms with Crippen molar-refractivity contribution in [1.82, 2.24) is 24.3 Å². The first kappa shape index (κ1) is 25.1. The van der Waals surface area contributed by atoms with Crippen molar-refractivity contribution >= 4 is 17.6 Å². The van der Waals surface area contributed by atoms with Crippen LogP contribution in [0.1, 0.15) is 32.0 Å². The topological polar surface area (TPSA) is 85.1 Å². The summed E-state index contributed by atoms with van der Waals surface area (Å²) in [6.07, 6.45) is -0.236. The molecule has 2 saturated heterocycles. The quantitative estimate of drug-likeness (QED) is 0.507. The summed E-state index contributed by atoms with van der Waals surface area (Å²) in [4.78, 5) is 28.7. The van der Waals surface area contributed by atoms with E-state index in [2.05, 4.69) is 15.0 Å². The summed E-state index contributed by atoms with van der Waals surface area (Å²) in [5.74, 6) is 0.201. The molecule has 0 aliphatic carbocycles. The number of pyridine rings is 1. The molecule has 3 aromatic heterocycles. The second-order valence-electron chi connectivity index (χ2n) is 10.7. The van der Waals surface area contributed by atoms with Crippen LogP contribution in [0.3, 0.4) is 0 Å². The summed E-state index contributed by atoms with van der Waals surface area (Å²) in [7, 11) is 1.44. The number of anilines is 1. The Balaban J connectivity index is 1.41. The normalized spacial score (nSPS) is 20.0. The van der Waals surface area contributed by atoms with Gasteiger partial charge in [0, 0.05) is 62.2 Å². The highest BCUT2D eigenvalue weighted by molar-refractivity contribution is 5.69. The van der Waals surface area contributed by atoms with Crippen molar-refractivity contribution in [3.8, 4) is 17.1 Å². The van der Waals surface area contributed by atoms with Crippen LogP contribution in [0.2, 0.25) is 0 Å². The van der Waals surface area contributed by atoms with Crippen LogP contribution in [0.5, 0.6) is 5.88 Å². The molecule has 2 atom stereocenters. The van der Waals surface area contributed by atoms with Gasteiger partial charge in [0.2, 0.25) is 5.65 Å². The third-order valence-corrected chi connectivity index (χ3v) is 6.63. The second kappa shape index (κ2) is 8.77. The van der Waals surface area contributed by atoms with Gasteiger partial charge in [-0.15, -0.1) is 0 Å². The first-order valence-corrected chi connectivity index (χ1v) is 12.0. The highest BCUT2D eigenvalue weighted by Crippen LogP contribution is 2.41. The van der Waals surface area contributed by atoms with Crippen LogP contribution in [0.25, 0.3) is 16.9 Å². The summed E-state index contributed by atoms with van der Waals surface area (Å²) in [5, 5.41) is 0. The fourth-order valence-corrected chi connectivity index (χ4v) is 5.07.